The van der Waals surface area contributed by atoms with E-state index in [2.05, 4.69) is 6.58 Å². The molecule has 1 atom stereocenters. The Morgan fingerprint density at radius 2 is 2.24 bits per heavy atom. The van der Waals surface area contributed by atoms with Crippen LogP contribution in [0.2, 0.25) is 0 Å². The molecule has 0 heterocycles. The zero-order chi connectivity index (χ0) is 12.9. The number of ketones is 1. The monoisotopic (exact) mass is 238 g/mol. The number of ether oxygens (including phenoxy) is 1. The van der Waals surface area contributed by atoms with Crippen molar-refractivity contribution in [2.75, 3.05) is 6.61 Å². The second-order valence-electron chi connectivity index (χ2n) is 5.20. The van der Waals surface area contributed by atoms with Gasteiger partial charge in [0.25, 0.3) is 0 Å². The number of carbonyl (C=O) groups is 2. The second kappa shape index (κ2) is 5.99. The Morgan fingerprint density at radius 1 is 1.53 bits per heavy atom. The molecule has 0 aromatic carbocycles. The first-order valence-corrected chi connectivity index (χ1v) is 6.34. The van der Waals surface area contributed by atoms with Crippen molar-refractivity contribution in [1.29, 1.82) is 0 Å². The average molecular weight is 238 g/mol. The molecule has 1 rings (SSSR count). The highest BCUT2D eigenvalue weighted by Crippen LogP contribution is 2.38. The third-order valence-electron chi connectivity index (χ3n) is 3.22. The molecule has 1 aliphatic rings. The maximum absolute atomic E-state index is 12.1. The first kappa shape index (κ1) is 13.9. The quantitative estimate of drug-likeness (QED) is 0.420. The zero-order valence-electron chi connectivity index (χ0n) is 10.8. The van der Waals surface area contributed by atoms with Crippen LogP contribution in [0.15, 0.2) is 12.7 Å². The summed E-state index contributed by atoms with van der Waals surface area (Å²) in [5.74, 6) is -0.0355. The van der Waals surface area contributed by atoms with Crippen LogP contribution < -0.4 is 0 Å². The number of hydrogen-bond acceptors (Lipinski definition) is 3. The Bertz CT molecular complexity index is 307. The highest BCUT2D eigenvalue weighted by Gasteiger charge is 2.46. The van der Waals surface area contributed by atoms with Crippen molar-refractivity contribution in [1.82, 2.24) is 0 Å². The number of rotatable bonds is 5. The second-order valence-corrected chi connectivity index (χ2v) is 5.20. The van der Waals surface area contributed by atoms with Crippen molar-refractivity contribution in [3.8, 4) is 0 Å². The van der Waals surface area contributed by atoms with Crippen LogP contribution in [-0.2, 0) is 14.3 Å². The fraction of sp³-hybridized carbons (Fsp3) is 0.714. The third-order valence-corrected chi connectivity index (χ3v) is 3.22. The van der Waals surface area contributed by atoms with Gasteiger partial charge in [-0.1, -0.05) is 26.3 Å². The summed E-state index contributed by atoms with van der Waals surface area (Å²) in [6.07, 6.45) is 4.95. The molecule has 17 heavy (non-hydrogen) atoms. The topological polar surface area (TPSA) is 43.4 Å². The van der Waals surface area contributed by atoms with E-state index in [-0.39, 0.29) is 11.8 Å². The fourth-order valence-electron chi connectivity index (χ4n) is 2.23. The molecular formula is C14H22O3. The van der Waals surface area contributed by atoms with E-state index in [1.54, 1.807) is 6.08 Å². The number of Topliss-reactive ketones (excluding diaryl/α,β-unsaturated/α-hetero) is 1. The van der Waals surface area contributed by atoms with Crippen molar-refractivity contribution < 1.29 is 14.3 Å². The van der Waals surface area contributed by atoms with Crippen molar-refractivity contribution in [2.45, 2.75) is 46.0 Å². The lowest BCUT2D eigenvalue weighted by molar-refractivity contribution is -0.163. The lowest BCUT2D eigenvalue weighted by Crippen LogP contribution is -2.42. The van der Waals surface area contributed by atoms with Crippen LogP contribution in [-0.4, -0.2) is 18.4 Å². The van der Waals surface area contributed by atoms with Crippen molar-refractivity contribution in [2.24, 2.45) is 11.3 Å². The molecular weight excluding hydrogens is 216 g/mol. The van der Waals surface area contributed by atoms with Gasteiger partial charge in [-0.3, -0.25) is 9.59 Å². The van der Waals surface area contributed by atoms with E-state index in [0.717, 1.165) is 12.8 Å². The molecule has 1 aliphatic carbocycles. The van der Waals surface area contributed by atoms with Crippen LogP contribution >= 0.6 is 0 Å². The minimum Gasteiger partial charge on any atom is -0.465 e. The summed E-state index contributed by atoms with van der Waals surface area (Å²) in [6.45, 7) is 8.00. The number of allylic oxidation sites excluding steroid dienone is 1. The molecule has 0 aliphatic heterocycles. The van der Waals surface area contributed by atoms with Gasteiger partial charge in [-0.15, -0.1) is 6.58 Å². The van der Waals surface area contributed by atoms with E-state index in [9.17, 15) is 9.59 Å². The third kappa shape index (κ3) is 3.18. The van der Waals surface area contributed by atoms with Crippen LogP contribution in [0, 0.1) is 11.3 Å². The average Bonchev–Trinajstić information content (AvgIpc) is 2.29. The summed E-state index contributed by atoms with van der Waals surface area (Å²) in [6, 6.07) is 0. The van der Waals surface area contributed by atoms with Gasteiger partial charge in [0.05, 0.1) is 6.61 Å². The summed E-state index contributed by atoms with van der Waals surface area (Å²) >= 11 is 0. The minimum absolute atomic E-state index is 0.0254. The van der Waals surface area contributed by atoms with Crippen LogP contribution in [0.25, 0.3) is 0 Å². The Labute approximate surface area is 103 Å². The fourth-order valence-corrected chi connectivity index (χ4v) is 2.23. The van der Waals surface area contributed by atoms with E-state index in [0.29, 0.717) is 31.8 Å². The van der Waals surface area contributed by atoms with Gasteiger partial charge in [0, 0.05) is 6.42 Å². The van der Waals surface area contributed by atoms with Crippen LogP contribution in [0.3, 0.4) is 0 Å². The minimum atomic E-state index is -0.936. The molecule has 0 aromatic rings. The van der Waals surface area contributed by atoms with Gasteiger partial charge in [0.1, 0.15) is 11.2 Å². The highest BCUT2D eigenvalue weighted by molar-refractivity contribution is 6.04. The molecule has 1 fully saturated rings. The van der Waals surface area contributed by atoms with E-state index >= 15 is 0 Å². The molecule has 3 nitrogen and oxygen atoms in total. The van der Waals surface area contributed by atoms with Gasteiger partial charge < -0.3 is 4.74 Å². The van der Waals surface area contributed by atoms with Gasteiger partial charge in [-0.05, 0) is 25.2 Å². The predicted molar refractivity (Wildman–Crippen MR) is 66.5 cm³/mol. The molecule has 0 aromatic heterocycles. The van der Waals surface area contributed by atoms with Gasteiger partial charge in [0.2, 0.25) is 0 Å². The Balaban J connectivity index is 2.78. The molecule has 0 spiro atoms. The number of carbonyl (C=O) groups excluding carboxylic acids is 2. The summed E-state index contributed by atoms with van der Waals surface area (Å²) in [4.78, 5) is 24.2. The van der Waals surface area contributed by atoms with Crippen molar-refractivity contribution >= 4 is 11.8 Å². The smallest absolute Gasteiger partial charge is 0.319 e. The van der Waals surface area contributed by atoms with E-state index in [1.165, 1.54) is 0 Å². The van der Waals surface area contributed by atoms with Gasteiger partial charge >= 0.3 is 5.97 Å². The maximum Gasteiger partial charge on any atom is 0.319 e. The Kier molecular flexibility index (Phi) is 4.91. The van der Waals surface area contributed by atoms with Gasteiger partial charge in [-0.2, -0.15) is 0 Å². The molecule has 3 heteroatoms. The molecule has 0 saturated heterocycles. The molecule has 1 saturated carbocycles. The van der Waals surface area contributed by atoms with Gasteiger partial charge in [-0.25, -0.2) is 0 Å². The summed E-state index contributed by atoms with van der Waals surface area (Å²) in [5.41, 5.74) is -0.936. The van der Waals surface area contributed by atoms with E-state index < -0.39 is 5.41 Å². The SMILES string of the molecule is C=CCC1(C(=O)OCC(C)C)CCCCC1=O. The largest absolute Gasteiger partial charge is 0.465 e. The molecule has 0 amide bonds. The number of hydrogen-bond donors (Lipinski definition) is 0. The molecule has 1 unspecified atom stereocenters. The number of esters is 1. The predicted octanol–water partition coefficient (Wildman–Crippen LogP) is 2.89. The first-order valence-electron chi connectivity index (χ1n) is 6.34. The summed E-state index contributed by atoms with van der Waals surface area (Å²) in [7, 11) is 0. The van der Waals surface area contributed by atoms with Crippen LogP contribution in [0.5, 0.6) is 0 Å². The summed E-state index contributed by atoms with van der Waals surface area (Å²) in [5, 5.41) is 0. The normalized spacial score (nSPS) is 24.8. The van der Waals surface area contributed by atoms with Crippen molar-refractivity contribution in [3.05, 3.63) is 12.7 Å². The highest BCUT2D eigenvalue weighted by atomic mass is 16.5. The van der Waals surface area contributed by atoms with Gasteiger partial charge in [0.15, 0.2) is 0 Å². The van der Waals surface area contributed by atoms with E-state index in [4.69, 9.17) is 4.74 Å². The van der Waals surface area contributed by atoms with E-state index in [1.807, 2.05) is 13.8 Å². The first-order chi connectivity index (χ1) is 8.03. The lowest BCUT2D eigenvalue weighted by atomic mass is 9.71. The molecule has 0 bridgehead atoms. The molecule has 0 radical (unpaired) electrons. The van der Waals surface area contributed by atoms with Crippen molar-refractivity contribution in [3.63, 3.8) is 0 Å². The zero-order valence-corrected chi connectivity index (χ0v) is 10.8. The molecule has 96 valence electrons. The Hall–Kier alpha value is -1.12. The van der Waals surface area contributed by atoms with Crippen LogP contribution in [0.1, 0.15) is 46.0 Å². The Morgan fingerprint density at radius 3 is 2.76 bits per heavy atom. The summed E-state index contributed by atoms with van der Waals surface area (Å²) < 4.78 is 5.26. The lowest BCUT2D eigenvalue weighted by Gasteiger charge is -2.32. The molecule has 0 N–H and O–H groups in total. The standard InChI is InChI=1S/C14H22O3/c1-4-8-14(9-6-5-7-12(14)15)13(16)17-10-11(2)3/h4,11H,1,5-10H2,2-3H3. The maximum atomic E-state index is 12.1. The van der Waals surface area contributed by atoms with Crippen LogP contribution in [0.4, 0.5) is 0 Å².